The van der Waals surface area contributed by atoms with Crippen molar-refractivity contribution in [3.63, 3.8) is 0 Å². The highest BCUT2D eigenvalue weighted by Crippen LogP contribution is 2.48. The number of amides is 2. The predicted octanol–water partition coefficient (Wildman–Crippen LogP) is 1.78. The predicted molar refractivity (Wildman–Crippen MR) is 97.6 cm³/mol. The Labute approximate surface area is 157 Å². The molecule has 7 nitrogen and oxygen atoms in total. The first-order valence-corrected chi connectivity index (χ1v) is 9.69. The number of benzene rings is 1. The van der Waals surface area contributed by atoms with Crippen LogP contribution in [-0.4, -0.2) is 44.6 Å². The van der Waals surface area contributed by atoms with Crippen molar-refractivity contribution < 1.29 is 9.59 Å². The van der Waals surface area contributed by atoms with Crippen molar-refractivity contribution in [3.8, 4) is 0 Å². The maximum absolute atomic E-state index is 12.9. The second-order valence-electron chi connectivity index (χ2n) is 8.01. The van der Waals surface area contributed by atoms with Crippen molar-refractivity contribution in [1.82, 2.24) is 25.0 Å². The van der Waals surface area contributed by atoms with Crippen molar-refractivity contribution in [2.24, 2.45) is 11.3 Å². The number of nitrogens with one attached hydrogen (secondary N) is 1. The molecule has 1 aromatic carbocycles. The van der Waals surface area contributed by atoms with E-state index in [4.69, 9.17) is 0 Å². The SMILES string of the molecule is O=C(N[C@H]1c2ncnn2CC[C@]12CCN(C(=O)C1CC1)C2)c1ccccc1. The average Bonchev–Trinajstić information content (AvgIpc) is 3.29. The molecule has 5 rings (SSSR count). The van der Waals surface area contributed by atoms with Crippen LogP contribution < -0.4 is 5.32 Å². The Kier molecular flexibility index (Phi) is 3.77. The summed E-state index contributed by atoms with van der Waals surface area (Å²) in [7, 11) is 0. The lowest BCUT2D eigenvalue weighted by molar-refractivity contribution is -0.132. The van der Waals surface area contributed by atoms with Gasteiger partial charge in [0, 0.05) is 36.5 Å². The third-order valence-electron chi connectivity index (χ3n) is 6.27. The van der Waals surface area contributed by atoms with Crippen molar-refractivity contribution in [2.75, 3.05) is 13.1 Å². The van der Waals surface area contributed by atoms with Crippen LogP contribution >= 0.6 is 0 Å². The van der Waals surface area contributed by atoms with Crippen molar-refractivity contribution in [1.29, 1.82) is 0 Å². The van der Waals surface area contributed by atoms with E-state index in [0.717, 1.165) is 44.6 Å². The number of rotatable bonds is 3. The zero-order valence-electron chi connectivity index (χ0n) is 15.2. The fourth-order valence-corrected chi connectivity index (χ4v) is 4.55. The Morgan fingerprint density at radius 2 is 1.89 bits per heavy atom. The molecule has 1 aromatic heterocycles. The first kappa shape index (κ1) is 16.5. The van der Waals surface area contributed by atoms with Crippen LogP contribution in [0.15, 0.2) is 36.7 Å². The van der Waals surface area contributed by atoms with E-state index in [1.165, 1.54) is 0 Å². The maximum Gasteiger partial charge on any atom is 0.251 e. The summed E-state index contributed by atoms with van der Waals surface area (Å²) in [6.45, 7) is 2.23. The topological polar surface area (TPSA) is 80.1 Å². The highest BCUT2D eigenvalue weighted by Gasteiger charge is 2.51. The average molecular weight is 365 g/mol. The molecule has 1 N–H and O–H groups in total. The van der Waals surface area contributed by atoms with Gasteiger partial charge in [-0.3, -0.25) is 9.59 Å². The molecule has 7 heteroatoms. The van der Waals surface area contributed by atoms with E-state index in [0.29, 0.717) is 12.1 Å². The van der Waals surface area contributed by atoms with E-state index >= 15 is 0 Å². The molecular weight excluding hydrogens is 342 g/mol. The number of likely N-dealkylation sites (tertiary alicyclic amines) is 1. The Morgan fingerprint density at radius 3 is 2.67 bits per heavy atom. The third kappa shape index (κ3) is 2.81. The van der Waals surface area contributed by atoms with Crippen LogP contribution in [0, 0.1) is 11.3 Å². The minimum Gasteiger partial charge on any atom is -0.342 e. The van der Waals surface area contributed by atoms with Gasteiger partial charge in [-0.25, -0.2) is 9.67 Å². The summed E-state index contributed by atoms with van der Waals surface area (Å²) in [6, 6.07) is 9.01. The Bertz CT molecular complexity index is 876. The van der Waals surface area contributed by atoms with Crippen LogP contribution in [0.4, 0.5) is 0 Å². The van der Waals surface area contributed by atoms with Gasteiger partial charge >= 0.3 is 0 Å². The zero-order valence-corrected chi connectivity index (χ0v) is 15.2. The van der Waals surface area contributed by atoms with Crippen molar-refractivity contribution >= 4 is 11.8 Å². The number of aromatic nitrogens is 3. The lowest BCUT2D eigenvalue weighted by Gasteiger charge is -2.40. The number of hydrogen-bond acceptors (Lipinski definition) is 4. The van der Waals surface area contributed by atoms with Gasteiger partial charge in [0.2, 0.25) is 5.91 Å². The molecule has 2 aromatic rings. The Morgan fingerprint density at radius 1 is 1.11 bits per heavy atom. The van der Waals surface area contributed by atoms with Crippen LogP contribution in [0.3, 0.4) is 0 Å². The molecule has 2 fully saturated rings. The highest BCUT2D eigenvalue weighted by molar-refractivity contribution is 5.94. The molecule has 140 valence electrons. The van der Waals surface area contributed by atoms with Gasteiger partial charge in [-0.2, -0.15) is 5.10 Å². The molecular formula is C20H23N5O2. The van der Waals surface area contributed by atoms with Crippen LogP contribution in [0.1, 0.15) is 47.9 Å². The van der Waals surface area contributed by atoms with Crippen LogP contribution in [0.5, 0.6) is 0 Å². The molecule has 0 radical (unpaired) electrons. The molecule has 1 spiro atoms. The smallest absolute Gasteiger partial charge is 0.251 e. The molecule has 27 heavy (non-hydrogen) atoms. The fourth-order valence-electron chi connectivity index (χ4n) is 4.55. The molecule has 1 aliphatic carbocycles. The normalized spacial score (nSPS) is 26.8. The van der Waals surface area contributed by atoms with E-state index in [9.17, 15) is 9.59 Å². The van der Waals surface area contributed by atoms with Crippen molar-refractivity contribution in [3.05, 3.63) is 48.0 Å². The lowest BCUT2D eigenvalue weighted by atomic mass is 9.74. The number of fused-ring (bicyclic) bond motifs is 1. The highest BCUT2D eigenvalue weighted by atomic mass is 16.2. The van der Waals surface area contributed by atoms with Crippen LogP contribution in [0.2, 0.25) is 0 Å². The van der Waals surface area contributed by atoms with Crippen LogP contribution in [-0.2, 0) is 11.3 Å². The molecule has 2 amide bonds. The Balaban J connectivity index is 1.44. The lowest BCUT2D eigenvalue weighted by Crippen LogP contribution is -2.48. The first-order chi connectivity index (χ1) is 13.2. The number of hydrogen-bond donors (Lipinski definition) is 1. The van der Waals surface area contributed by atoms with E-state index in [2.05, 4.69) is 15.4 Å². The van der Waals surface area contributed by atoms with Gasteiger partial charge in [-0.15, -0.1) is 0 Å². The monoisotopic (exact) mass is 365 g/mol. The van der Waals surface area contributed by atoms with E-state index in [-0.39, 0.29) is 29.2 Å². The van der Waals surface area contributed by atoms with Gasteiger partial charge in [-0.1, -0.05) is 18.2 Å². The molecule has 1 saturated carbocycles. The van der Waals surface area contributed by atoms with E-state index in [1.54, 1.807) is 6.33 Å². The second kappa shape index (κ2) is 6.18. The van der Waals surface area contributed by atoms with Gasteiger partial charge in [0.1, 0.15) is 12.2 Å². The quantitative estimate of drug-likeness (QED) is 0.899. The summed E-state index contributed by atoms with van der Waals surface area (Å²) >= 11 is 0. The molecule has 0 bridgehead atoms. The summed E-state index contributed by atoms with van der Waals surface area (Å²) in [5, 5.41) is 7.52. The summed E-state index contributed by atoms with van der Waals surface area (Å²) in [5.74, 6) is 1.20. The van der Waals surface area contributed by atoms with Crippen LogP contribution in [0.25, 0.3) is 0 Å². The number of carbonyl (C=O) groups excluding carboxylic acids is 2. The number of carbonyl (C=O) groups is 2. The molecule has 2 aliphatic heterocycles. The maximum atomic E-state index is 12.9. The largest absolute Gasteiger partial charge is 0.342 e. The van der Waals surface area contributed by atoms with Gasteiger partial charge in [0.25, 0.3) is 5.91 Å². The third-order valence-corrected chi connectivity index (χ3v) is 6.27. The standard InChI is InChI=1S/C20H23N5O2/c26-18(14-4-2-1-3-5-14)23-16-17-21-13-22-25(17)11-9-20(16)8-10-24(12-20)19(27)15-6-7-15/h1-5,13,15-16H,6-12H2,(H,23,26)/t16-,20-/m0/s1. The van der Waals surface area contributed by atoms with Gasteiger partial charge in [0.05, 0.1) is 6.04 Å². The summed E-state index contributed by atoms with van der Waals surface area (Å²) < 4.78 is 1.88. The minimum atomic E-state index is -0.238. The zero-order chi connectivity index (χ0) is 18.4. The fraction of sp³-hybridized carbons (Fsp3) is 0.500. The van der Waals surface area contributed by atoms with Gasteiger partial charge < -0.3 is 10.2 Å². The second-order valence-corrected chi connectivity index (χ2v) is 8.01. The molecule has 1 saturated heterocycles. The first-order valence-electron chi connectivity index (χ1n) is 9.69. The molecule has 2 atom stereocenters. The number of nitrogens with zero attached hydrogens (tertiary/aromatic N) is 4. The Hall–Kier alpha value is -2.70. The minimum absolute atomic E-state index is 0.108. The molecule has 3 aliphatic rings. The van der Waals surface area contributed by atoms with Gasteiger partial charge in [0.15, 0.2) is 0 Å². The molecule has 3 heterocycles. The molecule has 0 unspecified atom stereocenters. The van der Waals surface area contributed by atoms with E-state index < -0.39 is 0 Å². The van der Waals surface area contributed by atoms with Crippen molar-refractivity contribution in [2.45, 2.75) is 38.3 Å². The number of aryl methyl sites for hydroxylation is 1. The van der Waals surface area contributed by atoms with Gasteiger partial charge in [-0.05, 0) is 37.8 Å². The summed E-state index contributed by atoms with van der Waals surface area (Å²) in [4.78, 5) is 31.9. The summed E-state index contributed by atoms with van der Waals surface area (Å²) in [6.07, 6.45) is 5.36. The summed E-state index contributed by atoms with van der Waals surface area (Å²) in [5.41, 5.74) is 0.464. The van der Waals surface area contributed by atoms with E-state index in [1.807, 2.05) is 39.9 Å².